The van der Waals surface area contributed by atoms with Gasteiger partial charge in [-0.1, -0.05) is 116 Å². The van der Waals surface area contributed by atoms with Gasteiger partial charge in [-0.15, -0.1) is 0 Å². The molecule has 88 heavy (non-hydrogen) atoms. The maximum absolute atomic E-state index is 15.2. The molecule has 0 radical (unpaired) electrons. The fourth-order valence-corrected chi connectivity index (χ4v) is 11.3. The second-order valence-electron chi connectivity index (χ2n) is 27.2. The standard InChI is InChI=1S/C64H117N11O13/c1-24-45-60(84)69(17)35-50(77)70(18)46(31-36(2)3)57(81)68-51(40(10)11)63(87)71(19)47(32-37(4)5)56(80)65-43(15)55(79)66-44(16)59(83)72(20)48(33-38(6)7)61(85)73(21)49(34-39(8)9)62(86)74(22)52(41(12)13)64(88)75(23)53(58(82)67-45)54(78)42(14)29-27-25-26-28-30-76/h36-49,51-54,76,78H,24-35H2,1-23H3,(H,65,80)(H,66,79)(H,67,82)(H,68,81)/t42-,43+,44-,45+,46+,47+,48+,49+,51+,52+,53+,54-/m1/s1. The predicted molar refractivity (Wildman–Crippen MR) is 339 cm³/mol. The molecule has 1 saturated heterocycles. The molecule has 1 aliphatic rings. The van der Waals surface area contributed by atoms with Crippen LogP contribution in [-0.4, -0.2) is 238 Å². The van der Waals surface area contributed by atoms with Crippen LogP contribution in [0.15, 0.2) is 0 Å². The van der Waals surface area contributed by atoms with Crippen LogP contribution in [0.2, 0.25) is 0 Å². The highest BCUT2D eigenvalue weighted by atomic mass is 16.3. The van der Waals surface area contributed by atoms with Crippen LogP contribution in [0.25, 0.3) is 0 Å². The number of amides is 11. The zero-order chi connectivity index (χ0) is 68.1. The Morgan fingerprint density at radius 1 is 0.432 bits per heavy atom. The zero-order valence-electron chi connectivity index (χ0n) is 57.9. The molecule has 24 nitrogen and oxygen atoms in total. The smallest absolute Gasteiger partial charge is 0.246 e. The summed E-state index contributed by atoms with van der Waals surface area (Å²) in [5.74, 6) is -9.76. The molecule has 506 valence electrons. The Kier molecular flexibility index (Phi) is 34.0. The molecule has 1 rings (SSSR count). The van der Waals surface area contributed by atoms with Gasteiger partial charge >= 0.3 is 0 Å². The van der Waals surface area contributed by atoms with Crippen LogP contribution >= 0.6 is 0 Å². The minimum atomic E-state index is -1.62. The molecule has 1 fully saturated rings. The van der Waals surface area contributed by atoms with Crippen molar-refractivity contribution >= 4 is 65.0 Å². The highest BCUT2D eigenvalue weighted by molar-refractivity contribution is 5.99. The summed E-state index contributed by atoms with van der Waals surface area (Å²) >= 11 is 0. The fraction of sp³-hybridized carbons (Fsp3) is 0.828. The van der Waals surface area contributed by atoms with Crippen LogP contribution in [0.5, 0.6) is 0 Å². The topological polar surface area (TPSA) is 299 Å². The van der Waals surface area contributed by atoms with E-state index >= 15 is 9.59 Å². The molecule has 11 amide bonds. The van der Waals surface area contributed by atoms with Crippen LogP contribution in [-0.2, 0) is 52.7 Å². The quantitative estimate of drug-likeness (QED) is 0.101. The zero-order valence-corrected chi connectivity index (χ0v) is 57.9. The van der Waals surface area contributed by atoms with E-state index < -0.39 is 156 Å². The van der Waals surface area contributed by atoms with Crippen LogP contribution in [0.1, 0.15) is 175 Å². The third-order valence-electron chi connectivity index (χ3n) is 16.9. The van der Waals surface area contributed by atoms with Crippen LogP contribution in [0.3, 0.4) is 0 Å². The maximum atomic E-state index is 15.2. The summed E-state index contributed by atoms with van der Waals surface area (Å²) in [6.45, 7) is 27.6. The van der Waals surface area contributed by atoms with Gasteiger partial charge in [0.05, 0.1) is 12.6 Å². The summed E-state index contributed by atoms with van der Waals surface area (Å²) in [5.41, 5.74) is 0. The number of unbranched alkanes of at least 4 members (excludes halogenated alkanes) is 3. The van der Waals surface area contributed by atoms with E-state index in [1.54, 1.807) is 41.5 Å². The second kappa shape index (κ2) is 37.3. The molecule has 0 aromatic heterocycles. The minimum absolute atomic E-state index is 0.0152. The van der Waals surface area contributed by atoms with Gasteiger partial charge in [0.2, 0.25) is 65.0 Å². The van der Waals surface area contributed by atoms with Gasteiger partial charge in [0.15, 0.2) is 0 Å². The molecule has 0 aromatic rings. The molecule has 0 aromatic carbocycles. The van der Waals surface area contributed by atoms with Gasteiger partial charge in [0, 0.05) is 55.9 Å². The summed E-state index contributed by atoms with van der Waals surface area (Å²) in [4.78, 5) is 169. The van der Waals surface area contributed by atoms with Crippen LogP contribution < -0.4 is 21.3 Å². The first-order chi connectivity index (χ1) is 40.7. The molecule has 0 bridgehead atoms. The van der Waals surface area contributed by atoms with E-state index in [9.17, 15) is 53.4 Å². The van der Waals surface area contributed by atoms with E-state index in [4.69, 9.17) is 0 Å². The van der Waals surface area contributed by atoms with Crippen molar-refractivity contribution in [2.45, 2.75) is 242 Å². The molecule has 0 aliphatic carbocycles. The Labute approximate surface area is 527 Å². The minimum Gasteiger partial charge on any atom is -0.396 e. The summed E-state index contributed by atoms with van der Waals surface area (Å²) < 4.78 is 0. The molecular weight excluding hydrogens is 1130 g/mol. The normalized spacial score (nSPS) is 26.3. The SMILES string of the molecule is CC[C@@H]1NC(=O)[C@H]([C@H](O)[C@H](C)CCCCCCO)N(C)C(=O)[C@H](C(C)C)N(C)C(=O)[C@H](CC(C)C)N(C)C(=O)[C@H](CC(C)C)N(C)C(=O)[C@@H](C)NC(=O)[C@H](C)NC(=O)[C@H](CC(C)C)N(C)C(=O)[C@H](C(C)C)NC(=O)[C@H](CC(C)C)N(C)C(=O)CN(C)C1=O. The van der Waals surface area contributed by atoms with E-state index in [-0.39, 0.29) is 62.4 Å². The van der Waals surface area contributed by atoms with Gasteiger partial charge < -0.3 is 65.8 Å². The third kappa shape index (κ3) is 23.2. The van der Waals surface area contributed by atoms with Crippen molar-refractivity contribution in [2.75, 3.05) is 62.5 Å². The summed E-state index contributed by atoms with van der Waals surface area (Å²) in [5, 5.41) is 32.6. The van der Waals surface area contributed by atoms with Gasteiger partial charge in [-0.25, -0.2) is 0 Å². The van der Waals surface area contributed by atoms with E-state index in [1.165, 1.54) is 87.7 Å². The molecular formula is C64H117N11O13. The lowest BCUT2D eigenvalue weighted by Crippen LogP contribution is -2.63. The average Bonchev–Trinajstić information content (AvgIpc) is 3.66. The Morgan fingerprint density at radius 2 is 0.852 bits per heavy atom. The van der Waals surface area contributed by atoms with Crippen molar-refractivity contribution in [1.82, 2.24) is 55.6 Å². The predicted octanol–water partition coefficient (Wildman–Crippen LogP) is 3.25. The molecule has 24 heteroatoms. The number of nitrogens with one attached hydrogen (secondary N) is 4. The van der Waals surface area contributed by atoms with Crippen LogP contribution in [0, 0.1) is 41.4 Å². The van der Waals surface area contributed by atoms with E-state index in [1.807, 2.05) is 55.4 Å². The Morgan fingerprint density at radius 3 is 1.32 bits per heavy atom. The van der Waals surface area contributed by atoms with E-state index in [0.717, 1.165) is 22.6 Å². The molecule has 6 N–H and O–H groups in total. The summed E-state index contributed by atoms with van der Waals surface area (Å²) in [7, 11) is 9.92. The fourth-order valence-electron chi connectivity index (χ4n) is 11.3. The molecule has 12 atom stereocenters. The summed E-state index contributed by atoms with van der Waals surface area (Å²) in [6, 6.07) is -12.4. The van der Waals surface area contributed by atoms with Gasteiger partial charge in [-0.2, -0.15) is 0 Å². The third-order valence-corrected chi connectivity index (χ3v) is 16.9. The first-order valence-corrected chi connectivity index (χ1v) is 32.1. The number of rotatable bonds is 19. The highest BCUT2D eigenvalue weighted by Crippen LogP contribution is 2.26. The van der Waals surface area contributed by atoms with Crippen molar-refractivity contribution in [3.05, 3.63) is 0 Å². The number of likely N-dealkylation sites (N-methyl/N-ethyl adjacent to an activating group) is 7. The van der Waals surface area contributed by atoms with Gasteiger partial charge in [-0.3, -0.25) is 52.7 Å². The molecule has 0 unspecified atom stereocenters. The van der Waals surface area contributed by atoms with Gasteiger partial charge in [0.1, 0.15) is 60.4 Å². The van der Waals surface area contributed by atoms with E-state index in [2.05, 4.69) is 21.3 Å². The van der Waals surface area contributed by atoms with E-state index in [0.29, 0.717) is 19.3 Å². The van der Waals surface area contributed by atoms with Gasteiger partial charge in [-0.05, 0) is 100 Å². The van der Waals surface area contributed by atoms with Crippen molar-refractivity contribution < 1.29 is 63.0 Å². The number of hydrogen-bond acceptors (Lipinski definition) is 13. The first kappa shape index (κ1) is 80.1. The monoisotopic (exact) mass is 1250 g/mol. The maximum Gasteiger partial charge on any atom is 0.246 e. The number of nitrogens with zero attached hydrogens (tertiary/aromatic N) is 7. The molecule has 0 saturated carbocycles. The molecule has 1 heterocycles. The number of carbonyl (C=O) groups is 11. The lowest BCUT2D eigenvalue weighted by atomic mass is 9.90. The number of aliphatic hydroxyl groups is 2. The van der Waals surface area contributed by atoms with Crippen molar-refractivity contribution in [3.8, 4) is 0 Å². The Hall–Kier alpha value is -5.91. The number of aliphatic hydroxyl groups excluding tert-OH is 2. The highest BCUT2D eigenvalue weighted by Gasteiger charge is 2.46. The second-order valence-corrected chi connectivity index (χ2v) is 27.2. The van der Waals surface area contributed by atoms with Crippen molar-refractivity contribution in [1.29, 1.82) is 0 Å². The van der Waals surface area contributed by atoms with Crippen LogP contribution in [0.4, 0.5) is 0 Å². The van der Waals surface area contributed by atoms with Crippen molar-refractivity contribution in [2.24, 2.45) is 41.4 Å². The van der Waals surface area contributed by atoms with Crippen molar-refractivity contribution in [3.63, 3.8) is 0 Å². The molecule has 0 spiro atoms. The largest absolute Gasteiger partial charge is 0.396 e. The lowest BCUT2D eigenvalue weighted by molar-refractivity contribution is -0.157. The number of carbonyl (C=O) groups excluding carboxylic acids is 11. The first-order valence-electron chi connectivity index (χ1n) is 32.1. The Balaban J connectivity index is 4.33. The van der Waals surface area contributed by atoms with Gasteiger partial charge in [0.25, 0.3) is 0 Å². The number of hydrogen-bond donors (Lipinski definition) is 6. The average molecular weight is 1250 g/mol. The lowest BCUT2D eigenvalue weighted by Gasteiger charge is -2.41. The molecule has 1 aliphatic heterocycles. The Bertz CT molecular complexity index is 2330. The summed E-state index contributed by atoms with van der Waals surface area (Å²) in [6.07, 6.45) is 2.23.